The molecule has 6 nitrogen and oxygen atoms in total. The van der Waals surface area contributed by atoms with Gasteiger partial charge in [0.25, 0.3) is 0 Å². The van der Waals surface area contributed by atoms with Crippen molar-refractivity contribution in [3.05, 3.63) is 63.3 Å². The van der Waals surface area contributed by atoms with Crippen LogP contribution in [-0.4, -0.2) is 23.5 Å². The quantitative estimate of drug-likeness (QED) is 0.627. The fourth-order valence-corrected chi connectivity index (χ4v) is 3.09. The van der Waals surface area contributed by atoms with Gasteiger partial charge in [-0.1, -0.05) is 35.3 Å². The molecule has 0 saturated heterocycles. The Morgan fingerprint density at radius 2 is 1.96 bits per heavy atom. The van der Waals surface area contributed by atoms with E-state index in [1.807, 2.05) is 0 Å². The van der Waals surface area contributed by atoms with Crippen LogP contribution in [0, 0.1) is 6.92 Å². The number of rotatable bonds is 5. The second-order valence-electron chi connectivity index (χ2n) is 5.97. The van der Waals surface area contributed by atoms with Crippen LogP contribution in [0.2, 0.25) is 10.0 Å². The molecule has 0 aliphatic heterocycles. The van der Waals surface area contributed by atoms with Crippen molar-refractivity contribution in [3.63, 3.8) is 0 Å². The van der Waals surface area contributed by atoms with E-state index < -0.39 is 11.9 Å². The molecule has 0 radical (unpaired) electrons. The molecule has 3 rings (SSSR count). The van der Waals surface area contributed by atoms with E-state index in [0.717, 1.165) is 5.56 Å². The van der Waals surface area contributed by atoms with Gasteiger partial charge < -0.3 is 20.0 Å². The number of ether oxygens (including phenoxy) is 1. The van der Waals surface area contributed by atoms with Gasteiger partial charge in [0, 0.05) is 17.3 Å². The first-order valence-electron chi connectivity index (χ1n) is 8.36. The van der Waals surface area contributed by atoms with Crippen LogP contribution in [0.3, 0.4) is 0 Å². The molecule has 0 spiro atoms. The molecule has 0 amide bonds. The van der Waals surface area contributed by atoms with E-state index in [2.05, 4.69) is 10.3 Å². The second kappa shape index (κ2) is 8.04. The highest BCUT2D eigenvalue weighted by atomic mass is 35.5. The largest absolute Gasteiger partial charge is 0.545 e. The van der Waals surface area contributed by atoms with E-state index in [1.54, 1.807) is 32.0 Å². The summed E-state index contributed by atoms with van der Waals surface area (Å²) in [5.41, 5.74) is 2.24. The first kappa shape index (κ1) is 19.9. The Balaban J connectivity index is 2.24. The Morgan fingerprint density at radius 1 is 1.21 bits per heavy atom. The molecule has 0 bridgehead atoms. The second-order valence-corrected chi connectivity index (χ2v) is 6.75. The number of carbonyl (C=O) groups excluding carboxylic acids is 2. The summed E-state index contributed by atoms with van der Waals surface area (Å²) >= 11 is 12.3. The Labute approximate surface area is 171 Å². The zero-order valence-corrected chi connectivity index (χ0v) is 16.5. The normalized spacial score (nSPS) is 10.7. The van der Waals surface area contributed by atoms with Crippen LogP contribution in [0.25, 0.3) is 10.9 Å². The number of aryl methyl sites for hydroxylation is 1. The summed E-state index contributed by atoms with van der Waals surface area (Å²) in [5, 5.41) is 15.5. The van der Waals surface area contributed by atoms with Crippen LogP contribution in [0.5, 0.6) is 0 Å². The van der Waals surface area contributed by atoms with Crippen LogP contribution < -0.4 is 10.4 Å². The summed E-state index contributed by atoms with van der Waals surface area (Å²) in [6.07, 6.45) is 1.35. The minimum Gasteiger partial charge on any atom is -0.545 e. The number of nitrogens with zero attached hydrogens (tertiary/aromatic N) is 1. The summed E-state index contributed by atoms with van der Waals surface area (Å²) < 4.78 is 5.12. The van der Waals surface area contributed by atoms with Crippen molar-refractivity contribution >= 4 is 57.4 Å². The number of aromatic carboxylic acids is 1. The number of hydrogen-bond acceptors (Lipinski definition) is 6. The lowest BCUT2D eigenvalue weighted by Crippen LogP contribution is -2.22. The SMILES string of the molecule is CCOC(=O)c1cnc2c(Cl)c(Cl)ccc2c1Nc1cc(C(=O)[O-])ccc1C. The highest BCUT2D eigenvalue weighted by molar-refractivity contribution is 6.45. The standard InChI is InChI=1S/C20H16Cl2N2O4/c1-3-28-20(27)13-9-23-18-12(6-7-14(21)16(18)22)17(13)24-15-8-11(19(25)26)5-4-10(15)2/h4-9H,3H2,1-2H3,(H,23,24)(H,25,26)/p-1. The van der Waals surface area contributed by atoms with Crippen molar-refractivity contribution < 1.29 is 19.4 Å². The van der Waals surface area contributed by atoms with Crippen molar-refractivity contribution in [1.82, 2.24) is 4.98 Å². The maximum absolute atomic E-state index is 12.4. The summed E-state index contributed by atoms with van der Waals surface area (Å²) in [6, 6.07) is 7.80. The van der Waals surface area contributed by atoms with Crippen LogP contribution in [0.15, 0.2) is 36.5 Å². The average Bonchev–Trinajstić information content (AvgIpc) is 2.66. The van der Waals surface area contributed by atoms with Gasteiger partial charge in [0.05, 0.1) is 33.8 Å². The Bertz CT molecular complexity index is 1100. The van der Waals surface area contributed by atoms with Gasteiger partial charge in [0.15, 0.2) is 0 Å². The molecule has 0 unspecified atom stereocenters. The number of fused-ring (bicyclic) bond motifs is 1. The Morgan fingerprint density at radius 3 is 2.64 bits per heavy atom. The minimum atomic E-state index is -1.30. The molecular weight excluding hydrogens is 403 g/mol. The van der Waals surface area contributed by atoms with E-state index in [0.29, 0.717) is 27.3 Å². The predicted octanol–water partition coefficient (Wildman–Crippen LogP) is 4.13. The lowest BCUT2D eigenvalue weighted by molar-refractivity contribution is -0.255. The molecule has 1 N–H and O–H groups in total. The molecule has 1 aromatic heterocycles. The lowest BCUT2D eigenvalue weighted by Gasteiger charge is -2.17. The number of nitrogens with one attached hydrogen (secondary N) is 1. The minimum absolute atomic E-state index is 0.00484. The van der Waals surface area contributed by atoms with Crippen molar-refractivity contribution in [3.8, 4) is 0 Å². The number of benzene rings is 2. The third-order valence-electron chi connectivity index (χ3n) is 4.16. The number of carboxylic acid groups (broad SMARTS) is 1. The van der Waals surface area contributed by atoms with E-state index >= 15 is 0 Å². The number of hydrogen-bond donors (Lipinski definition) is 1. The third kappa shape index (κ3) is 3.74. The van der Waals surface area contributed by atoms with E-state index in [9.17, 15) is 14.7 Å². The maximum Gasteiger partial charge on any atom is 0.341 e. The molecule has 2 aromatic carbocycles. The van der Waals surface area contributed by atoms with E-state index in [-0.39, 0.29) is 22.8 Å². The van der Waals surface area contributed by atoms with Crippen LogP contribution in [0.4, 0.5) is 11.4 Å². The van der Waals surface area contributed by atoms with Gasteiger partial charge in [0.2, 0.25) is 0 Å². The molecule has 0 atom stereocenters. The van der Waals surface area contributed by atoms with Crippen LogP contribution in [-0.2, 0) is 4.74 Å². The first-order chi connectivity index (χ1) is 13.3. The number of halogens is 2. The van der Waals surface area contributed by atoms with Crippen LogP contribution >= 0.6 is 23.2 Å². The smallest absolute Gasteiger partial charge is 0.341 e. The highest BCUT2D eigenvalue weighted by Crippen LogP contribution is 2.36. The van der Waals surface area contributed by atoms with Gasteiger partial charge in [-0.15, -0.1) is 0 Å². The van der Waals surface area contributed by atoms with Crippen molar-refractivity contribution in [2.24, 2.45) is 0 Å². The zero-order valence-electron chi connectivity index (χ0n) is 15.0. The molecule has 28 heavy (non-hydrogen) atoms. The highest BCUT2D eigenvalue weighted by Gasteiger charge is 2.19. The molecule has 144 valence electrons. The lowest BCUT2D eigenvalue weighted by atomic mass is 10.1. The monoisotopic (exact) mass is 417 g/mol. The van der Waals surface area contributed by atoms with Crippen molar-refractivity contribution in [2.75, 3.05) is 11.9 Å². The summed E-state index contributed by atoms with van der Waals surface area (Å²) in [7, 11) is 0. The summed E-state index contributed by atoms with van der Waals surface area (Å²) in [4.78, 5) is 27.9. The Hall–Kier alpha value is -2.83. The molecule has 8 heteroatoms. The maximum atomic E-state index is 12.4. The fraction of sp³-hybridized carbons (Fsp3) is 0.150. The number of esters is 1. The van der Waals surface area contributed by atoms with E-state index in [1.165, 1.54) is 18.3 Å². The van der Waals surface area contributed by atoms with E-state index in [4.69, 9.17) is 27.9 Å². The number of pyridine rings is 1. The van der Waals surface area contributed by atoms with Gasteiger partial charge in [-0.25, -0.2) is 4.79 Å². The predicted molar refractivity (Wildman–Crippen MR) is 107 cm³/mol. The van der Waals surface area contributed by atoms with Gasteiger partial charge in [-0.05, 0) is 43.2 Å². The number of aromatic nitrogens is 1. The zero-order chi connectivity index (χ0) is 20.4. The number of carboxylic acids is 1. The molecule has 0 aliphatic carbocycles. The fourth-order valence-electron chi connectivity index (χ4n) is 2.72. The molecule has 0 saturated carbocycles. The molecule has 0 aliphatic rings. The van der Waals surface area contributed by atoms with Gasteiger partial charge in [0.1, 0.15) is 5.56 Å². The van der Waals surface area contributed by atoms with Crippen molar-refractivity contribution in [1.29, 1.82) is 0 Å². The first-order valence-corrected chi connectivity index (χ1v) is 9.12. The molecule has 0 fully saturated rings. The number of carbonyl (C=O) groups is 2. The van der Waals surface area contributed by atoms with Gasteiger partial charge >= 0.3 is 5.97 Å². The number of anilines is 2. The molecule has 1 heterocycles. The molecular formula is C20H15Cl2N2O4-. The van der Waals surface area contributed by atoms with Gasteiger partial charge in [-0.3, -0.25) is 4.98 Å². The van der Waals surface area contributed by atoms with Gasteiger partial charge in [-0.2, -0.15) is 0 Å². The Kier molecular flexibility index (Phi) is 5.72. The topological polar surface area (TPSA) is 91.3 Å². The molecule has 3 aromatic rings. The average molecular weight is 418 g/mol. The third-order valence-corrected chi connectivity index (χ3v) is 4.95. The summed E-state index contributed by atoms with van der Waals surface area (Å²) in [6.45, 7) is 3.69. The summed E-state index contributed by atoms with van der Waals surface area (Å²) in [5.74, 6) is -1.87. The van der Waals surface area contributed by atoms with Crippen molar-refractivity contribution in [2.45, 2.75) is 13.8 Å². The van der Waals surface area contributed by atoms with Crippen LogP contribution in [0.1, 0.15) is 33.2 Å².